The fourth-order valence-corrected chi connectivity index (χ4v) is 2.17. The molecule has 0 saturated carbocycles. The summed E-state index contributed by atoms with van der Waals surface area (Å²) in [5.74, 6) is 0.257. The first-order valence-corrected chi connectivity index (χ1v) is 8.02. The third-order valence-corrected chi connectivity index (χ3v) is 3.66. The number of carbonyl (C=O) groups excluding carboxylic acids is 1. The van der Waals surface area contributed by atoms with Crippen LogP contribution in [-0.2, 0) is 9.53 Å². The summed E-state index contributed by atoms with van der Waals surface area (Å²) < 4.78 is 5.90. The molecule has 0 bridgehead atoms. The monoisotopic (exact) mass is 286 g/mol. The predicted octanol–water partition coefficient (Wildman–Crippen LogP) is 2.42. The molecule has 0 radical (unpaired) electrons. The van der Waals surface area contributed by atoms with Gasteiger partial charge in [-0.3, -0.25) is 9.69 Å². The van der Waals surface area contributed by atoms with Gasteiger partial charge in [-0.25, -0.2) is 0 Å². The number of likely N-dealkylation sites (tertiary alicyclic amines) is 1. The summed E-state index contributed by atoms with van der Waals surface area (Å²) in [7, 11) is 2.13. The van der Waals surface area contributed by atoms with Crippen LogP contribution in [0.3, 0.4) is 0 Å². The molecule has 1 heterocycles. The zero-order valence-corrected chi connectivity index (χ0v) is 14.3. The van der Waals surface area contributed by atoms with Crippen molar-refractivity contribution in [1.29, 1.82) is 0 Å². The molecule has 0 amide bonds. The number of nitrogens with zero attached hydrogens (tertiary/aromatic N) is 2. The van der Waals surface area contributed by atoms with E-state index in [4.69, 9.17) is 4.74 Å². The van der Waals surface area contributed by atoms with Gasteiger partial charge in [-0.05, 0) is 40.7 Å². The highest BCUT2D eigenvalue weighted by Crippen LogP contribution is 2.13. The number of carbonyl (C=O) groups is 1. The van der Waals surface area contributed by atoms with Crippen molar-refractivity contribution < 1.29 is 9.53 Å². The summed E-state index contributed by atoms with van der Waals surface area (Å²) in [6, 6.07) is 0.575. The van der Waals surface area contributed by atoms with Crippen molar-refractivity contribution in [2.75, 3.05) is 39.8 Å². The molecular weight excluding hydrogens is 252 g/mol. The first-order chi connectivity index (χ1) is 9.49. The Hall–Kier alpha value is -0.450. The molecule has 1 rings (SSSR count). The topological polar surface area (TPSA) is 32.8 Å². The average Bonchev–Trinajstić information content (AvgIpc) is 2.42. The molecule has 0 atom stereocenters. The second-order valence-corrected chi connectivity index (χ2v) is 5.62. The molecule has 120 valence electrons. The number of ether oxygens (including phenoxy) is 1. The van der Waals surface area contributed by atoms with Gasteiger partial charge in [0.05, 0.1) is 19.3 Å². The SMILES string of the molecule is CC.CC(=O)CN1CCC(OCCN(C)C(C)C)CC1. The van der Waals surface area contributed by atoms with Crippen molar-refractivity contribution in [1.82, 2.24) is 9.80 Å². The van der Waals surface area contributed by atoms with E-state index in [0.717, 1.165) is 39.1 Å². The lowest BCUT2D eigenvalue weighted by Crippen LogP contribution is -2.40. The quantitative estimate of drug-likeness (QED) is 0.719. The molecule has 4 nitrogen and oxygen atoms in total. The molecule has 4 heteroatoms. The van der Waals surface area contributed by atoms with Crippen LogP contribution >= 0.6 is 0 Å². The van der Waals surface area contributed by atoms with Crippen LogP contribution in [0.25, 0.3) is 0 Å². The number of rotatable bonds is 7. The van der Waals surface area contributed by atoms with Crippen molar-refractivity contribution >= 4 is 5.78 Å². The standard InChI is InChI=1S/C14H28N2O2.C2H6/c1-12(2)15(4)9-10-18-14-5-7-16(8-6-14)11-13(3)17;1-2/h12,14H,5-11H2,1-4H3;1-2H3. The first-order valence-electron chi connectivity index (χ1n) is 8.02. The van der Waals surface area contributed by atoms with Gasteiger partial charge in [0.1, 0.15) is 5.78 Å². The zero-order chi connectivity index (χ0) is 15.5. The lowest BCUT2D eigenvalue weighted by atomic mass is 10.1. The van der Waals surface area contributed by atoms with E-state index in [0.29, 0.717) is 18.7 Å². The highest BCUT2D eigenvalue weighted by atomic mass is 16.5. The Morgan fingerprint density at radius 3 is 2.30 bits per heavy atom. The molecule has 0 aromatic heterocycles. The fraction of sp³-hybridized carbons (Fsp3) is 0.938. The Balaban J connectivity index is 0.00000172. The van der Waals surface area contributed by atoms with Crippen LogP contribution in [0.2, 0.25) is 0 Å². The van der Waals surface area contributed by atoms with E-state index in [-0.39, 0.29) is 5.78 Å². The van der Waals surface area contributed by atoms with E-state index in [1.54, 1.807) is 6.92 Å². The molecular formula is C16H34N2O2. The molecule has 1 aliphatic rings. The van der Waals surface area contributed by atoms with Gasteiger partial charge in [0.2, 0.25) is 0 Å². The maximum atomic E-state index is 11.0. The van der Waals surface area contributed by atoms with Crippen LogP contribution in [0, 0.1) is 0 Å². The normalized spacial score (nSPS) is 17.2. The number of piperidine rings is 1. The summed E-state index contributed by atoms with van der Waals surface area (Å²) in [6.45, 7) is 14.4. The van der Waals surface area contributed by atoms with E-state index < -0.39 is 0 Å². The lowest BCUT2D eigenvalue weighted by molar-refractivity contribution is -0.118. The van der Waals surface area contributed by atoms with Gasteiger partial charge < -0.3 is 9.64 Å². The summed E-state index contributed by atoms with van der Waals surface area (Å²) in [5.41, 5.74) is 0. The van der Waals surface area contributed by atoms with Gasteiger partial charge >= 0.3 is 0 Å². The Bertz CT molecular complexity index is 249. The summed E-state index contributed by atoms with van der Waals surface area (Å²) in [6.07, 6.45) is 2.49. The summed E-state index contributed by atoms with van der Waals surface area (Å²) in [5, 5.41) is 0. The van der Waals surface area contributed by atoms with Gasteiger partial charge in [-0.1, -0.05) is 13.8 Å². The highest BCUT2D eigenvalue weighted by molar-refractivity contribution is 5.77. The van der Waals surface area contributed by atoms with Crippen molar-refractivity contribution in [2.24, 2.45) is 0 Å². The smallest absolute Gasteiger partial charge is 0.143 e. The molecule has 0 spiro atoms. The summed E-state index contributed by atoms with van der Waals surface area (Å²) in [4.78, 5) is 15.5. The van der Waals surface area contributed by atoms with Crippen molar-refractivity contribution in [3.05, 3.63) is 0 Å². The Kier molecular flexibility index (Phi) is 11.0. The molecule has 0 aliphatic carbocycles. The van der Waals surface area contributed by atoms with E-state index in [1.807, 2.05) is 13.8 Å². The Morgan fingerprint density at radius 1 is 1.30 bits per heavy atom. The van der Waals surface area contributed by atoms with E-state index in [2.05, 4.69) is 30.7 Å². The fourth-order valence-electron chi connectivity index (χ4n) is 2.17. The van der Waals surface area contributed by atoms with E-state index >= 15 is 0 Å². The predicted molar refractivity (Wildman–Crippen MR) is 85.2 cm³/mol. The van der Waals surface area contributed by atoms with Gasteiger partial charge in [0.25, 0.3) is 0 Å². The average molecular weight is 286 g/mol. The molecule has 0 unspecified atom stereocenters. The second kappa shape index (κ2) is 11.2. The Labute approximate surface area is 125 Å². The minimum atomic E-state index is 0.257. The molecule has 20 heavy (non-hydrogen) atoms. The Morgan fingerprint density at radius 2 is 1.85 bits per heavy atom. The van der Waals surface area contributed by atoms with Crippen molar-refractivity contribution in [3.8, 4) is 0 Å². The van der Waals surface area contributed by atoms with Gasteiger partial charge in [0.15, 0.2) is 0 Å². The van der Waals surface area contributed by atoms with Crippen LogP contribution in [0.1, 0.15) is 47.5 Å². The van der Waals surface area contributed by atoms with Crippen molar-refractivity contribution in [2.45, 2.75) is 59.6 Å². The minimum Gasteiger partial charge on any atom is -0.377 e. The van der Waals surface area contributed by atoms with Gasteiger partial charge in [-0.15, -0.1) is 0 Å². The molecule has 0 aromatic rings. The van der Waals surface area contributed by atoms with Crippen LogP contribution in [0.15, 0.2) is 0 Å². The third-order valence-electron chi connectivity index (χ3n) is 3.66. The van der Waals surface area contributed by atoms with Gasteiger partial charge in [-0.2, -0.15) is 0 Å². The minimum absolute atomic E-state index is 0.257. The number of likely N-dealkylation sites (N-methyl/N-ethyl adjacent to an activating group) is 1. The van der Waals surface area contributed by atoms with Crippen molar-refractivity contribution in [3.63, 3.8) is 0 Å². The lowest BCUT2D eigenvalue weighted by Gasteiger charge is -2.31. The second-order valence-electron chi connectivity index (χ2n) is 5.62. The van der Waals surface area contributed by atoms with Gasteiger partial charge in [0, 0.05) is 25.7 Å². The molecule has 1 fully saturated rings. The molecule has 0 N–H and O–H groups in total. The van der Waals surface area contributed by atoms with Crippen LogP contribution < -0.4 is 0 Å². The third kappa shape index (κ3) is 8.67. The zero-order valence-electron chi connectivity index (χ0n) is 14.3. The van der Waals surface area contributed by atoms with Crippen LogP contribution in [0.4, 0.5) is 0 Å². The van der Waals surface area contributed by atoms with E-state index in [1.165, 1.54) is 0 Å². The maximum absolute atomic E-state index is 11.0. The maximum Gasteiger partial charge on any atom is 0.143 e. The molecule has 0 aromatic carbocycles. The highest BCUT2D eigenvalue weighted by Gasteiger charge is 2.20. The summed E-state index contributed by atoms with van der Waals surface area (Å²) >= 11 is 0. The number of Topliss-reactive ketones (excluding diaryl/α,β-unsaturated/α-hetero) is 1. The largest absolute Gasteiger partial charge is 0.377 e. The molecule has 1 aliphatic heterocycles. The number of hydrogen-bond donors (Lipinski definition) is 0. The molecule has 1 saturated heterocycles. The number of hydrogen-bond acceptors (Lipinski definition) is 4. The van der Waals surface area contributed by atoms with Crippen LogP contribution in [0.5, 0.6) is 0 Å². The van der Waals surface area contributed by atoms with E-state index in [9.17, 15) is 4.79 Å². The van der Waals surface area contributed by atoms with Crippen LogP contribution in [-0.4, -0.2) is 67.6 Å². The first kappa shape index (κ1) is 19.6. The number of ketones is 1.